The molecule has 4 rings (SSSR count). The molecule has 6 nitrogen and oxygen atoms in total. The molecule has 3 amide bonds. The van der Waals surface area contributed by atoms with Gasteiger partial charge in [-0.2, -0.15) is 0 Å². The number of rotatable bonds is 7. The Bertz CT molecular complexity index is 933. The smallest absolute Gasteiger partial charge is 0.251 e. The largest absolute Gasteiger partial charge is 0.352 e. The Morgan fingerprint density at radius 2 is 1.67 bits per heavy atom. The molecule has 30 heavy (non-hydrogen) atoms. The molecule has 1 heterocycles. The van der Waals surface area contributed by atoms with Crippen molar-refractivity contribution in [2.45, 2.75) is 45.2 Å². The molecule has 0 spiro atoms. The van der Waals surface area contributed by atoms with Gasteiger partial charge in [-0.15, -0.1) is 0 Å². The number of carbonyl (C=O) groups is 3. The Morgan fingerprint density at radius 3 is 2.30 bits per heavy atom. The van der Waals surface area contributed by atoms with E-state index in [2.05, 4.69) is 17.6 Å². The van der Waals surface area contributed by atoms with Crippen LogP contribution in [0.5, 0.6) is 0 Å². The highest BCUT2D eigenvalue weighted by Crippen LogP contribution is 2.26. The molecule has 1 aliphatic heterocycles. The lowest BCUT2D eigenvalue weighted by Gasteiger charge is -2.17. The summed E-state index contributed by atoms with van der Waals surface area (Å²) in [5, 5.41) is 5.88. The van der Waals surface area contributed by atoms with Crippen LogP contribution in [0.25, 0.3) is 0 Å². The third-order valence-corrected chi connectivity index (χ3v) is 5.75. The lowest BCUT2D eigenvalue weighted by Crippen LogP contribution is -2.32. The minimum Gasteiger partial charge on any atom is -0.352 e. The fourth-order valence-electron chi connectivity index (χ4n) is 3.65. The Labute approximate surface area is 176 Å². The van der Waals surface area contributed by atoms with E-state index >= 15 is 0 Å². The third kappa shape index (κ3) is 4.70. The number of carbonyl (C=O) groups excluding carboxylic acids is 3. The summed E-state index contributed by atoms with van der Waals surface area (Å²) in [4.78, 5) is 38.7. The van der Waals surface area contributed by atoms with E-state index in [1.54, 1.807) is 17.0 Å². The second-order valence-electron chi connectivity index (χ2n) is 8.09. The summed E-state index contributed by atoms with van der Waals surface area (Å²) in [7, 11) is 0. The zero-order valence-corrected chi connectivity index (χ0v) is 17.2. The number of hydrogen-bond acceptors (Lipinski definition) is 3. The SMILES string of the molecule is CCc1ccc(N2CC(C(=O)NCc3ccc(C(=O)NC4CC4)cc3)CC2=O)cc1. The molecule has 2 fully saturated rings. The third-order valence-electron chi connectivity index (χ3n) is 5.75. The number of benzene rings is 2. The number of aryl methyl sites for hydroxylation is 1. The van der Waals surface area contributed by atoms with Crippen LogP contribution in [0, 0.1) is 5.92 Å². The van der Waals surface area contributed by atoms with Gasteiger partial charge in [-0.05, 0) is 54.7 Å². The van der Waals surface area contributed by atoms with E-state index in [0.29, 0.717) is 24.7 Å². The van der Waals surface area contributed by atoms with Gasteiger partial charge in [0.25, 0.3) is 5.91 Å². The summed E-state index contributed by atoms with van der Waals surface area (Å²) in [6.07, 6.45) is 3.29. The van der Waals surface area contributed by atoms with Crippen LogP contribution in [0.1, 0.15) is 47.7 Å². The molecule has 1 aliphatic carbocycles. The zero-order chi connectivity index (χ0) is 21.1. The van der Waals surface area contributed by atoms with Crippen LogP contribution in [0.15, 0.2) is 48.5 Å². The van der Waals surface area contributed by atoms with E-state index in [0.717, 1.165) is 30.5 Å². The van der Waals surface area contributed by atoms with E-state index < -0.39 is 0 Å². The fraction of sp³-hybridized carbons (Fsp3) is 0.375. The van der Waals surface area contributed by atoms with Crippen molar-refractivity contribution in [2.75, 3.05) is 11.4 Å². The number of nitrogens with zero attached hydrogens (tertiary/aromatic N) is 1. The van der Waals surface area contributed by atoms with Crippen LogP contribution in [0.2, 0.25) is 0 Å². The van der Waals surface area contributed by atoms with Gasteiger partial charge < -0.3 is 15.5 Å². The topological polar surface area (TPSA) is 78.5 Å². The van der Waals surface area contributed by atoms with Crippen molar-refractivity contribution < 1.29 is 14.4 Å². The van der Waals surface area contributed by atoms with Crippen LogP contribution in [-0.4, -0.2) is 30.3 Å². The maximum atomic E-state index is 12.6. The van der Waals surface area contributed by atoms with Gasteiger partial charge in [0.15, 0.2) is 0 Å². The molecule has 1 atom stereocenters. The molecule has 1 saturated carbocycles. The van der Waals surface area contributed by atoms with Gasteiger partial charge in [0.05, 0.1) is 5.92 Å². The Kier molecular flexibility index (Phi) is 5.84. The monoisotopic (exact) mass is 405 g/mol. The summed E-state index contributed by atoms with van der Waals surface area (Å²) in [5.74, 6) is -0.548. The normalized spacial score (nSPS) is 18.4. The predicted molar refractivity (Wildman–Crippen MR) is 115 cm³/mol. The highest BCUT2D eigenvalue weighted by molar-refractivity contribution is 6.00. The molecule has 1 unspecified atom stereocenters. The van der Waals surface area contributed by atoms with Crippen molar-refractivity contribution >= 4 is 23.4 Å². The Balaban J connectivity index is 1.29. The molecule has 2 aromatic rings. The average molecular weight is 405 g/mol. The van der Waals surface area contributed by atoms with E-state index in [-0.39, 0.29) is 30.1 Å². The number of anilines is 1. The maximum absolute atomic E-state index is 12.6. The molecule has 2 N–H and O–H groups in total. The number of hydrogen-bond donors (Lipinski definition) is 2. The fourth-order valence-corrected chi connectivity index (χ4v) is 3.65. The van der Waals surface area contributed by atoms with E-state index in [9.17, 15) is 14.4 Å². The van der Waals surface area contributed by atoms with Crippen LogP contribution < -0.4 is 15.5 Å². The van der Waals surface area contributed by atoms with Crippen molar-refractivity contribution in [3.05, 3.63) is 65.2 Å². The van der Waals surface area contributed by atoms with Crippen LogP contribution in [0.3, 0.4) is 0 Å². The van der Waals surface area contributed by atoms with Gasteiger partial charge >= 0.3 is 0 Å². The molecule has 6 heteroatoms. The van der Waals surface area contributed by atoms with Gasteiger partial charge in [0.1, 0.15) is 0 Å². The van der Waals surface area contributed by atoms with Crippen LogP contribution in [0.4, 0.5) is 5.69 Å². The van der Waals surface area contributed by atoms with Gasteiger partial charge in [0.2, 0.25) is 11.8 Å². The first kappa shape index (κ1) is 20.1. The van der Waals surface area contributed by atoms with Crippen molar-refractivity contribution in [1.82, 2.24) is 10.6 Å². The van der Waals surface area contributed by atoms with Gasteiger partial charge in [-0.25, -0.2) is 0 Å². The zero-order valence-electron chi connectivity index (χ0n) is 17.2. The number of amides is 3. The maximum Gasteiger partial charge on any atom is 0.251 e. The summed E-state index contributed by atoms with van der Waals surface area (Å²) in [5.41, 5.74) is 3.61. The van der Waals surface area contributed by atoms with Gasteiger partial charge in [-0.1, -0.05) is 31.2 Å². The average Bonchev–Trinajstić information content (AvgIpc) is 3.50. The molecular formula is C24H27N3O3. The van der Waals surface area contributed by atoms with Crippen LogP contribution in [-0.2, 0) is 22.6 Å². The molecule has 2 aromatic carbocycles. The van der Waals surface area contributed by atoms with E-state index in [1.807, 2.05) is 36.4 Å². The lowest BCUT2D eigenvalue weighted by atomic mass is 10.1. The molecule has 1 saturated heterocycles. The minimum atomic E-state index is -0.355. The molecule has 0 bridgehead atoms. The second kappa shape index (κ2) is 8.69. The Hall–Kier alpha value is -3.15. The standard InChI is InChI=1S/C24H27N3O3/c1-2-16-5-11-21(12-6-16)27-15-19(13-22(27)28)23(29)25-14-17-3-7-18(8-4-17)24(30)26-20-9-10-20/h3-8,11-12,19-20H,2,9-10,13-15H2,1H3,(H,25,29)(H,26,30). The summed E-state index contributed by atoms with van der Waals surface area (Å²) in [6.45, 7) is 2.86. The predicted octanol–water partition coefficient (Wildman–Crippen LogP) is 2.81. The van der Waals surface area contributed by atoms with Crippen molar-refractivity contribution in [3.63, 3.8) is 0 Å². The van der Waals surface area contributed by atoms with Crippen molar-refractivity contribution in [2.24, 2.45) is 5.92 Å². The molecule has 2 aliphatic rings. The number of nitrogens with one attached hydrogen (secondary N) is 2. The molecule has 0 radical (unpaired) electrons. The summed E-state index contributed by atoms with van der Waals surface area (Å²) < 4.78 is 0. The minimum absolute atomic E-state index is 0.0228. The molecular weight excluding hydrogens is 378 g/mol. The second-order valence-corrected chi connectivity index (χ2v) is 8.09. The van der Waals surface area contributed by atoms with E-state index in [1.165, 1.54) is 5.56 Å². The molecule has 156 valence electrons. The first-order chi connectivity index (χ1) is 14.5. The van der Waals surface area contributed by atoms with Crippen LogP contribution >= 0.6 is 0 Å². The van der Waals surface area contributed by atoms with Gasteiger partial charge in [0, 0.05) is 36.8 Å². The van der Waals surface area contributed by atoms with Gasteiger partial charge in [-0.3, -0.25) is 14.4 Å². The van der Waals surface area contributed by atoms with E-state index in [4.69, 9.17) is 0 Å². The summed E-state index contributed by atoms with van der Waals surface area (Å²) in [6, 6.07) is 15.5. The van der Waals surface area contributed by atoms with Crippen molar-refractivity contribution in [1.29, 1.82) is 0 Å². The molecule has 0 aromatic heterocycles. The highest BCUT2D eigenvalue weighted by atomic mass is 16.2. The van der Waals surface area contributed by atoms with Crippen molar-refractivity contribution in [3.8, 4) is 0 Å². The Morgan fingerprint density at radius 1 is 1.00 bits per heavy atom. The lowest BCUT2D eigenvalue weighted by molar-refractivity contribution is -0.126. The first-order valence-corrected chi connectivity index (χ1v) is 10.6. The highest BCUT2D eigenvalue weighted by Gasteiger charge is 2.35. The summed E-state index contributed by atoms with van der Waals surface area (Å²) >= 11 is 0. The quantitative estimate of drug-likeness (QED) is 0.744. The first-order valence-electron chi connectivity index (χ1n) is 10.6.